The van der Waals surface area contributed by atoms with E-state index in [9.17, 15) is 5.11 Å². The highest BCUT2D eigenvalue weighted by Gasteiger charge is 2.23. The van der Waals surface area contributed by atoms with Crippen LogP contribution in [0.1, 0.15) is 45.4 Å². The van der Waals surface area contributed by atoms with Crippen LogP contribution in [0.25, 0.3) is 0 Å². The maximum Gasteiger partial charge on any atom is 0.0558 e. The fourth-order valence-electron chi connectivity index (χ4n) is 3.71. The van der Waals surface area contributed by atoms with Crippen molar-refractivity contribution >= 4 is 0 Å². The Hall–Kier alpha value is -0.120. The lowest BCUT2D eigenvalue weighted by atomic mass is 9.82. The molecule has 1 aliphatic carbocycles. The Balaban J connectivity index is 1.76. The van der Waals surface area contributed by atoms with Crippen LogP contribution < -0.4 is 5.32 Å². The third kappa shape index (κ3) is 4.52. The molecule has 3 atom stereocenters. The van der Waals surface area contributed by atoms with E-state index in [4.69, 9.17) is 0 Å². The molecule has 106 valence electrons. The summed E-state index contributed by atoms with van der Waals surface area (Å²) in [5.74, 6) is 1.77. The molecule has 2 N–H and O–H groups in total. The SMILES string of the molecule is CC1CCCC(CN(CCO)CC2CCCN2)C1. The van der Waals surface area contributed by atoms with Gasteiger partial charge in [0.2, 0.25) is 0 Å². The van der Waals surface area contributed by atoms with E-state index in [2.05, 4.69) is 17.1 Å². The molecule has 0 aromatic rings. The summed E-state index contributed by atoms with van der Waals surface area (Å²) in [5.41, 5.74) is 0. The number of nitrogens with zero attached hydrogens (tertiary/aromatic N) is 1. The maximum atomic E-state index is 9.23. The zero-order valence-corrected chi connectivity index (χ0v) is 11.9. The summed E-state index contributed by atoms with van der Waals surface area (Å²) >= 11 is 0. The molecule has 1 aliphatic heterocycles. The van der Waals surface area contributed by atoms with Gasteiger partial charge in [-0.25, -0.2) is 0 Å². The van der Waals surface area contributed by atoms with Gasteiger partial charge in [-0.1, -0.05) is 19.8 Å². The second-order valence-corrected chi connectivity index (χ2v) is 6.41. The average molecular weight is 254 g/mol. The van der Waals surface area contributed by atoms with Crippen LogP contribution in [0.5, 0.6) is 0 Å². The molecule has 3 unspecified atom stereocenters. The van der Waals surface area contributed by atoms with Crippen LogP contribution >= 0.6 is 0 Å². The van der Waals surface area contributed by atoms with Crippen molar-refractivity contribution in [3.8, 4) is 0 Å². The first-order valence-corrected chi connectivity index (χ1v) is 7.84. The normalized spacial score (nSPS) is 33.2. The van der Waals surface area contributed by atoms with Crippen molar-refractivity contribution in [2.75, 3.05) is 32.8 Å². The van der Waals surface area contributed by atoms with Crippen LogP contribution in [0.2, 0.25) is 0 Å². The summed E-state index contributed by atoms with van der Waals surface area (Å²) in [6.45, 7) is 7.05. The van der Waals surface area contributed by atoms with Gasteiger partial charge in [0.15, 0.2) is 0 Å². The molecule has 0 radical (unpaired) electrons. The van der Waals surface area contributed by atoms with Gasteiger partial charge in [0.1, 0.15) is 0 Å². The van der Waals surface area contributed by atoms with E-state index >= 15 is 0 Å². The highest BCUT2D eigenvalue weighted by molar-refractivity contribution is 4.80. The van der Waals surface area contributed by atoms with Gasteiger partial charge < -0.3 is 10.4 Å². The van der Waals surface area contributed by atoms with E-state index in [0.717, 1.165) is 24.9 Å². The van der Waals surface area contributed by atoms with Crippen LogP contribution in [0.4, 0.5) is 0 Å². The quantitative estimate of drug-likeness (QED) is 0.759. The highest BCUT2D eigenvalue weighted by Crippen LogP contribution is 2.29. The topological polar surface area (TPSA) is 35.5 Å². The molecule has 18 heavy (non-hydrogen) atoms. The van der Waals surface area contributed by atoms with Crippen LogP contribution in [0.3, 0.4) is 0 Å². The number of hydrogen-bond donors (Lipinski definition) is 2. The van der Waals surface area contributed by atoms with Gasteiger partial charge in [-0.3, -0.25) is 4.90 Å². The van der Waals surface area contributed by atoms with Crippen molar-refractivity contribution in [2.24, 2.45) is 11.8 Å². The monoisotopic (exact) mass is 254 g/mol. The standard InChI is InChI=1S/C15H30N2O/c1-13-4-2-5-14(10-13)11-17(8-9-18)12-15-6-3-7-16-15/h13-16,18H,2-12H2,1H3. The van der Waals surface area contributed by atoms with Gasteiger partial charge in [-0.15, -0.1) is 0 Å². The maximum absolute atomic E-state index is 9.23. The molecular formula is C15H30N2O. The fourth-order valence-corrected chi connectivity index (χ4v) is 3.71. The van der Waals surface area contributed by atoms with Crippen LogP contribution in [-0.4, -0.2) is 48.8 Å². The molecule has 1 saturated carbocycles. The third-order valence-corrected chi connectivity index (χ3v) is 4.62. The Morgan fingerprint density at radius 2 is 2.06 bits per heavy atom. The highest BCUT2D eigenvalue weighted by atomic mass is 16.3. The molecule has 3 heteroatoms. The molecular weight excluding hydrogens is 224 g/mol. The molecule has 0 spiro atoms. The Morgan fingerprint density at radius 3 is 2.72 bits per heavy atom. The first kappa shape index (κ1) is 14.3. The smallest absolute Gasteiger partial charge is 0.0558 e. The van der Waals surface area contributed by atoms with E-state index in [0.29, 0.717) is 12.6 Å². The molecule has 0 aromatic heterocycles. The zero-order chi connectivity index (χ0) is 12.8. The van der Waals surface area contributed by atoms with Crippen molar-refractivity contribution in [1.82, 2.24) is 10.2 Å². The number of aliphatic hydroxyl groups excluding tert-OH is 1. The van der Waals surface area contributed by atoms with Crippen molar-refractivity contribution in [3.05, 3.63) is 0 Å². The van der Waals surface area contributed by atoms with Crippen LogP contribution in [0, 0.1) is 11.8 Å². The lowest BCUT2D eigenvalue weighted by molar-refractivity contribution is 0.141. The van der Waals surface area contributed by atoms with E-state index < -0.39 is 0 Å². The second kappa shape index (κ2) is 7.46. The van der Waals surface area contributed by atoms with E-state index in [-0.39, 0.29) is 0 Å². The van der Waals surface area contributed by atoms with Crippen molar-refractivity contribution in [3.63, 3.8) is 0 Å². The minimum absolute atomic E-state index is 0.301. The molecule has 2 fully saturated rings. The van der Waals surface area contributed by atoms with Gasteiger partial charge in [0.05, 0.1) is 6.61 Å². The number of nitrogens with one attached hydrogen (secondary N) is 1. The molecule has 1 heterocycles. The van der Waals surface area contributed by atoms with E-state index in [1.54, 1.807) is 0 Å². The predicted molar refractivity (Wildman–Crippen MR) is 75.7 cm³/mol. The summed E-state index contributed by atoms with van der Waals surface area (Å²) in [4.78, 5) is 2.49. The van der Waals surface area contributed by atoms with Gasteiger partial charge >= 0.3 is 0 Å². The Morgan fingerprint density at radius 1 is 1.17 bits per heavy atom. The fraction of sp³-hybridized carbons (Fsp3) is 1.00. The zero-order valence-electron chi connectivity index (χ0n) is 11.9. The average Bonchev–Trinajstić information content (AvgIpc) is 2.82. The number of hydrogen-bond acceptors (Lipinski definition) is 3. The van der Waals surface area contributed by atoms with Gasteiger partial charge in [0, 0.05) is 25.7 Å². The van der Waals surface area contributed by atoms with Crippen LogP contribution in [-0.2, 0) is 0 Å². The minimum atomic E-state index is 0.301. The van der Waals surface area contributed by atoms with Gasteiger partial charge in [-0.2, -0.15) is 0 Å². The Bertz CT molecular complexity index is 229. The summed E-state index contributed by atoms with van der Waals surface area (Å²) in [6.07, 6.45) is 8.23. The lowest BCUT2D eigenvalue weighted by Crippen LogP contribution is -2.42. The summed E-state index contributed by atoms with van der Waals surface area (Å²) in [5, 5.41) is 12.8. The molecule has 2 aliphatic rings. The molecule has 3 nitrogen and oxygen atoms in total. The third-order valence-electron chi connectivity index (χ3n) is 4.62. The van der Waals surface area contributed by atoms with Crippen LogP contribution in [0.15, 0.2) is 0 Å². The first-order valence-electron chi connectivity index (χ1n) is 7.84. The summed E-state index contributed by atoms with van der Waals surface area (Å²) in [7, 11) is 0. The van der Waals surface area contributed by atoms with E-state index in [1.807, 2.05) is 0 Å². The number of rotatable bonds is 6. The summed E-state index contributed by atoms with van der Waals surface area (Å²) < 4.78 is 0. The minimum Gasteiger partial charge on any atom is -0.395 e. The predicted octanol–water partition coefficient (Wildman–Crippen LogP) is 1.86. The van der Waals surface area contributed by atoms with Gasteiger partial charge in [-0.05, 0) is 44.1 Å². The second-order valence-electron chi connectivity index (χ2n) is 6.41. The molecule has 0 amide bonds. The van der Waals surface area contributed by atoms with Crippen molar-refractivity contribution < 1.29 is 5.11 Å². The molecule has 0 aromatic carbocycles. The first-order chi connectivity index (χ1) is 8.78. The lowest BCUT2D eigenvalue weighted by Gasteiger charge is -2.33. The van der Waals surface area contributed by atoms with Crippen molar-refractivity contribution in [2.45, 2.75) is 51.5 Å². The number of aliphatic hydroxyl groups is 1. The summed E-state index contributed by atoms with van der Waals surface area (Å²) in [6, 6.07) is 0.664. The molecule has 2 rings (SSSR count). The van der Waals surface area contributed by atoms with Gasteiger partial charge in [0.25, 0.3) is 0 Å². The van der Waals surface area contributed by atoms with Crippen molar-refractivity contribution in [1.29, 1.82) is 0 Å². The largest absolute Gasteiger partial charge is 0.395 e. The Labute approximate surface area is 112 Å². The Kier molecular flexibility index (Phi) is 5.93. The van der Waals surface area contributed by atoms with E-state index in [1.165, 1.54) is 51.6 Å². The molecule has 1 saturated heterocycles. The molecule has 0 bridgehead atoms.